The van der Waals surface area contributed by atoms with E-state index in [9.17, 15) is 4.79 Å². The number of nitrogens with zero attached hydrogens (tertiary/aromatic N) is 1. The Bertz CT molecular complexity index is 267. The molecular weight excluding hydrogens is 228 g/mol. The van der Waals surface area contributed by atoms with Crippen LogP contribution < -0.4 is 5.32 Å². The van der Waals surface area contributed by atoms with Gasteiger partial charge in [0.05, 0.1) is 13.0 Å². The van der Waals surface area contributed by atoms with Crippen molar-refractivity contribution in [1.29, 1.82) is 0 Å². The van der Waals surface area contributed by atoms with E-state index >= 15 is 0 Å². The molecule has 4 nitrogen and oxygen atoms in total. The lowest BCUT2D eigenvalue weighted by molar-refractivity contribution is -0.137. The van der Waals surface area contributed by atoms with Crippen molar-refractivity contribution in [2.45, 2.75) is 46.2 Å². The molecule has 0 aromatic carbocycles. The average molecular weight is 256 g/mol. The fourth-order valence-electron chi connectivity index (χ4n) is 2.46. The highest BCUT2D eigenvalue weighted by Gasteiger charge is 2.33. The summed E-state index contributed by atoms with van der Waals surface area (Å²) in [4.78, 5) is 14.3. The maximum Gasteiger partial charge on any atom is 0.225 e. The third kappa shape index (κ3) is 3.95. The van der Waals surface area contributed by atoms with Gasteiger partial charge in [-0.2, -0.15) is 0 Å². The zero-order chi connectivity index (χ0) is 13.7. The Balaban J connectivity index is 2.68. The molecule has 2 atom stereocenters. The van der Waals surface area contributed by atoms with Crippen molar-refractivity contribution in [2.75, 3.05) is 26.8 Å². The topological polar surface area (TPSA) is 41.6 Å². The van der Waals surface area contributed by atoms with Gasteiger partial charge in [0.1, 0.15) is 0 Å². The fourth-order valence-corrected chi connectivity index (χ4v) is 2.46. The summed E-state index contributed by atoms with van der Waals surface area (Å²) < 4.78 is 5.01. The molecular formula is C14H28N2O2. The number of hydrogen-bond donors (Lipinski definition) is 1. The van der Waals surface area contributed by atoms with Crippen LogP contribution in [0.25, 0.3) is 0 Å². The number of rotatable bonds is 5. The lowest BCUT2D eigenvalue weighted by Crippen LogP contribution is -2.61. The van der Waals surface area contributed by atoms with Crippen molar-refractivity contribution in [3.63, 3.8) is 0 Å². The quantitative estimate of drug-likeness (QED) is 0.810. The predicted molar refractivity (Wildman–Crippen MR) is 73.5 cm³/mol. The Labute approximate surface area is 111 Å². The summed E-state index contributed by atoms with van der Waals surface area (Å²) in [5, 5.41) is 3.57. The summed E-state index contributed by atoms with van der Waals surface area (Å²) >= 11 is 0. The molecule has 1 saturated heterocycles. The lowest BCUT2D eigenvalue weighted by atomic mass is 9.94. The third-order valence-corrected chi connectivity index (χ3v) is 3.80. The van der Waals surface area contributed by atoms with E-state index in [0.717, 1.165) is 13.1 Å². The SMILES string of the molecule is COCCC(=O)N1CC(C(C)C)NCC1C(C)C. The molecule has 0 aromatic rings. The van der Waals surface area contributed by atoms with Crippen molar-refractivity contribution in [3.05, 3.63) is 0 Å². The highest BCUT2D eigenvalue weighted by molar-refractivity contribution is 5.77. The van der Waals surface area contributed by atoms with Crippen molar-refractivity contribution < 1.29 is 9.53 Å². The lowest BCUT2D eigenvalue weighted by Gasteiger charge is -2.43. The van der Waals surface area contributed by atoms with Gasteiger partial charge in [-0.05, 0) is 11.8 Å². The van der Waals surface area contributed by atoms with Gasteiger partial charge in [-0.15, -0.1) is 0 Å². The van der Waals surface area contributed by atoms with Crippen molar-refractivity contribution in [1.82, 2.24) is 10.2 Å². The normalized spacial score (nSPS) is 24.9. The summed E-state index contributed by atoms with van der Waals surface area (Å²) in [5.41, 5.74) is 0. The summed E-state index contributed by atoms with van der Waals surface area (Å²) in [6.45, 7) is 11.0. The van der Waals surface area contributed by atoms with E-state index in [1.807, 2.05) is 0 Å². The molecule has 0 saturated carbocycles. The smallest absolute Gasteiger partial charge is 0.225 e. The second kappa shape index (κ2) is 7.10. The number of carbonyl (C=O) groups is 1. The zero-order valence-corrected chi connectivity index (χ0v) is 12.4. The Kier molecular flexibility index (Phi) is 6.09. The highest BCUT2D eigenvalue weighted by Crippen LogP contribution is 2.19. The molecule has 1 aliphatic heterocycles. The number of methoxy groups -OCH3 is 1. The van der Waals surface area contributed by atoms with Gasteiger partial charge in [-0.1, -0.05) is 27.7 Å². The van der Waals surface area contributed by atoms with Gasteiger partial charge in [0.25, 0.3) is 0 Å². The second-order valence-corrected chi connectivity index (χ2v) is 5.86. The summed E-state index contributed by atoms with van der Waals surface area (Å²) in [7, 11) is 1.64. The monoisotopic (exact) mass is 256 g/mol. The summed E-state index contributed by atoms with van der Waals surface area (Å²) in [6.07, 6.45) is 0.491. The van der Waals surface area contributed by atoms with Crippen LogP contribution in [-0.4, -0.2) is 49.7 Å². The summed E-state index contributed by atoms with van der Waals surface area (Å²) in [5.74, 6) is 1.26. The van der Waals surface area contributed by atoms with Gasteiger partial charge in [0, 0.05) is 32.3 Å². The van der Waals surface area contributed by atoms with Crippen LogP contribution in [0.5, 0.6) is 0 Å². The molecule has 0 aromatic heterocycles. The van der Waals surface area contributed by atoms with Gasteiger partial charge in [-0.25, -0.2) is 0 Å². The Morgan fingerprint density at radius 2 is 2.00 bits per heavy atom. The molecule has 0 radical (unpaired) electrons. The number of ether oxygens (including phenoxy) is 1. The molecule has 0 spiro atoms. The van der Waals surface area contributed by atoms with Gasteiger partial charge < -0.3 is 15.0 Å². The minimum absolute atomic E-state index is 0.225. The van der Waals surface area contributed by atoms with Gasteiger partial charge in [0.2, 0.25) is 5.91 Å². The number of nitrogens with one attached hydrogen (secondary N) is 1. The van der Waals surface area contributed by atoms with E-state index in [2.05, 4.69) is 37.9 Å². The Morgan fingerprint density at radius 3 is 2.50 bits per heavy atom. The molecule has 18 heavy (non-hydrogen) atoms. The molecule has 1 heterocycles. The van der Waals surface area contributed by atoms with E-state index in [4.69, 9.17) is 4.74 Å². The van der Waals surface area contributed by atoms with Crippen LogP contribution in [0.2, 0.25) is 0 Å². The van der Waals surface area contributed by atoms with Crippen LogP contribution >= 0.6 is 0 Å². The number of amides is 1. The van der Waals surface area contributed by atoms with E-state index in [-0.39, 0.29) is 5.91 Å². The van der Waals surface area contributed by atoms with Crippen LogP contribution in [-0.2, 0) is 9.53 Å². The van der Waals surface area contributed by atoms with Gasteiger partial charge in [-0.3, -0.25) is 4.79 Å². The molecule has 106 valence electrons. The first-order chi connectivity index (χ1) is 8.47. The maximum absolute atomic E-state index is 12.3. The minimum atomic E-state index is 0.225. The van der Waals surface area contributed by atoms with Crippen molar-refractivity contribution in [2.24, 2.45) is 11.8 Å². The molecule has 1 amide bonds. The molecule has 0 bridgehead atoms. The molecule has 2 unspecified atom stereocenters. The fraction of sp³-hybridized carbons (Fsp3) is 0.929. The van der Waals surface area contributed by atoms with Crippen LogP contribution in [0.3, 0.4) is 0 Å². The number of hydrogen-bond acceptors (Lipinski definition) is 3. The predicted octanol–water partition coefficient (Wildman–Crippen LogP) is 1.50. The van der Waals surface area contributed by atoms with Crippen LogP contribution in [0.1, 0.15) is 34.1 Å². The van der Waals surface area contributed by atoms with E-state index in [1.54, 1.807) is 7.11 Å². The largest absolute Gasteiger partial charge is 0.384 e. The zero-order valence-electron chi connectivity index (χ0n) is 12.4. The Morgan fingerprint density at radius 1 is 1.33 bits per heavy atom. The van der Waals surface area contributed by atoms with E-state index in [0.29, 0.717) is 36.9 Å². The third-order valence-electron chi connectivity index (χ3n) is 3.80. The molecule has 0 aliphatic carbocycles. The van der Waals surface area contributed by atoms with Crippen LogP contribution in [0.15, 0.2) is 0 Å². The molecule has 1 N–H and O–H groups in total. The van der Waals surface area contributed by atoms with Crippen molar-refractivity contribution >= 4 is 5.91 Å². The second-order valence-electron chi connectivity index (χ2n) is 5.86. The van der Waals surface area contributed by atoms with Gasteiger partial charge >= 0.3 is 0 Å². The molecule has 1 rings (SSSR count). The standard InChI is InChI=1S/C14H28N2O2/c1-10(2)12-9-16(14(17)6-7-18-5)13(8-15-12)11(3)4/h10-13,15H,6-9H2,1-5H3. The van der Waals surface area contributed by atoms with Crippen molar-refractivity contribution in [3.8, 4) is 0 Å². The average Bonchev–Trinajstić information content (AvgIpc) is 2.34. The van der Waals surface area contributed by atoms with Gasteiger partial charge in [0.15, 0.2) is 0 Å². The first-order valence-corrected chi connectivity index (χ1v) is 6.99. The van der Waals surface area contributed by atoms with E-state index < -0.39 is 0 Å². The summed E-state index contributed by atoms with van der Waals surface area (Å²) in [6, 6.07) is 0.718. The number of carbonyl (C=O) groups excluding carboxylic acids is 1. The van der Waals surface area contributed by atoms with Crippen LogP contribution in [0.4, 0.5) is 0 Å². The molecule has 4 heteroatoms. The first-order valence-electron chi connectivity index (χ1n) is 6.99. The molecule has 1 aliphatic rings. The molecule has 1 fully saturated rings. The number of piperazine rings is 1. The maximum atomic E-state index is 12.3. The van der Waals surface area contributed by atoms with E-state index in [1.165, 1.54) is 0 Å². The van der Waals surface area contributed by atoms with Crippen LogP contribution in [0, 0.1) is 11.8 Å². The first kappa shape index (κ1) is 15.4. The highest BCUT2D eigenvalue weighted by atomic mass is 16.5. The Hall–Kier alpha value is -0.610. The minimum Gasteiger partial charge on any atom is -0.384 e.